The van der Waals surface area contributed by atoms with Crippen LogP contribution in [0.5, 0.6) is 5.75 Å². The Hall–Kier alpha value is -0.830. The topological polar surface area (TPSA) is 21.3 Å². The molecule has 2 nitrogen and oxygen atoms in total. The molecule has 0 bridgehead atoms. The van der Waals surface area contributed by atoms with Crippen molar-refractivity contribution in [2.45, 2.75) is 38.2 Å². The van der Waals surface area contributed by atoms with E-state index in [1.54, 1.807) is 0 Å². The number of hydrogen-bond donors (Lipinski definition) is 1. The maximum absolute atomic E-state index is 6.26. The van der Waals surface area contributed by atoms with Crippen LogP contribution in [0, 0.1) is 0 Å². The van der Waals surface area contributed by atoms with Crippen molar-refractivity contribution in [3.05, 3.63) is 23.8 Å². The molecule has 0 saturated carbocycles. The van der Waals surface area contributed by atoms with Crippen molar-refractivity contribution in [1.29, 1.82) is 0 Å². The molecule has 2 heterocycles. The van der Waals surface area contributed by atoms with Crippen molar-refractivity contribution in [2.24, 2.45) is 0 Å². The van der Waals surface area contributed by atoms with Crippen LogP contribution in [0.4, 0.5) is 5.69 Å². The summed E-state index contributed by atoms with van der Waals surface area (Å²) in [5, 5.41) is 3.44. The number of aryl methyl sites for hydroxylation is 1. The SMILES string of the molecule is CC1(Oc2ccc3c(c2)CCCN3)CCCSC1. The summed E-state index contributed by atoms with van der Waals surface area (Å²) in [7, 11) is 0. The molecule has 1 aromatic carbocycles. The molecule has 1 aromatic rings. The summed E-state index contributed by atoms with van der Waals surface area (Å²) in [6.07, 6.45) is 4.84. The highest BCUT2D eigenvalue weighted by Crippen LogP contribution is 2.33. The normalized spacial score (nSPS) is 27.2. The predicted octanol–water partition coefficient (Wildman–Crippen LogP) is 3.71. The van der Waals surface area contributed by atoms with Crippen LogP contribution in [0.2, 0.25) is 0 Å². The molecule has 3 heteroatoms. The zero-order valence-corrected chi connectivity index (χ0v) is 11.8. The average molecular weight is 263 g/mol. The Morgan fingerprint density at radius 2 is 2.28 bits per heavy atom. The molecule has 1 fully saturated rings. The number of benzene rings is 1. The van der Waals surface area contributed by atoms with Gasteiger partial charge < -0.3 is 10.1 Å². The third kappa shape index (κ3) is 2.61. The van der Waals surface area contributed by atoms with Crippen LogP contribution < -0.4 is 10.1 Å². The lowest BCUT2D eigenvalue weighted by molar-refractivity contribution is 0.101. The van der Waals surface area contributed by atoms with Crippen LogP contribution in [0.1, 0.15) is 31.7 Å². The molecular weight excluding hydrogens is 242 g/mol. The highest BCUT2D eigenvalue weighted by atomic mass is 32.2. The molecule has 18 heavy (non-hydrogen) atoms. The monoisotopic (exact) mass is 263 g/mol. The van der Waals surface area contributed by atoms with Crippen LogP contribution in [0.15, 0.2) is 18.2 Å². The van der Waals surface area contributed by atoms with E-state index in [4.69, 9.17) is 4.74 Å². The molecule has 1 unspecified atom stereocenters. The van der Waals surface area contributed by atoms with E-state index in [2.05, 4.69) is 30.4 Å². The minimum atomic E-state index is 0.0270. The average Bonchev–Trinajstić information content (AvgIpc) is 2.39. The number of thioether (sulfide) groups is 1. The molecule has 0 amide bonds. The second-order valence-electron chi connectivity index (χ2n) is 5.56. The van der Waals surface area contributed by atoms with Crippen molar-refractivity contribution in [3.63, 3.8) is 0 Å². The van der Waals surface area contributed by atoms with Gasteiger partial charge in [0.1, 0.15) is 11.4 Å². The van der Waals surface area contributed by atoms with Crippen molar-refractivity contribution in [1.82, 2.24) is 0 Å². The van der Waals surface area contributed by atoms with E-state index in [-0.39, 0.29) is 5.60 Å². The Labute approximate surface area is 113 Å². The summed E-state index contributed by atoms with van der Waals surface area (Å²) in [5.41, 5.74) is 2.72. The van der Waals surface area contributed by atoms with Crippen LogP contribution in [0.3, 0.4) is 0 Å². The lowest BCUT2D eigenvalue weighted by atomic mass is 10.0. The summed E-state index contributed by atoms with van der Waals surface area (Å²) >= 11 is 2.01. The summed E-state index contributed by atoms with van der Waals surface area (Å²) < 4.78 is 6.26. The molecule has 0 aromatic heterocycles. The van der Waals surface area contributed by atoms with Gasteiger partial charge in [-0.1, -0.05) is 0 Å². The molecule has 3 rings (SSSR count). The summed E-state index contributed by atoms with van der Waals surface area (Å²) in [4.78, 5) is 0. The van der Waals surface area contributed by atoms with Crippen molar-refractivity contribution < 1.29 is 4.74 Å². The molecule has 0 radical (unpaired) electrons. The highest BCUT2D eigenvalue weighted by molar-refractivity contribution is 7.99. The highest BCUT2D eigenvalue weighted by Gasteiger charge is 2.29. The van der Waals surface area contributed by atoms with E-state index in [0.717, 1.165) is 18.0 Å². The fourth-order valence-electron chi connectivity index (χ4n) is 2.79. The number of ether oxygens (including phenoxy) is 1. The predicted molar refractivity (Wildman–Crippen MR) is 78.8 cm³/mol. The van der Waals surface area contributed by atoms with Crippen LogP contribution in [0.25, 0.3) is 0 Å². The molecule has 0 aliphatic carbocycles. The lowest BCUT2D eigenvalue weighted by Crippen LogP contribution is -2.37. The van der Waals surface area contributed by atoms with Gasteiger partial charge in [-0.25, -0.2) is 0 Å². The van der Waals surface area contributed by atoms with Crippen LogP contribution in [-0.2, 0) is 6.42 Å². The van der Waals surface area contributed by atoms with E-state index in [1.165, 1.54) is 42.7 Å². The largest absolute Gasteiger partial charge is 0.487 e. The van der Waals surface area contributed by atoms with Crippen LogP contribution >= 0.6 is 11.8 Å². The molecule has 0 spiro atoms. The van der Waals surface area contributed by atoms with Crippen molar-refractivity contribution >= 4 is 17.4 Å². The van der Waals surface area contributed by atoms with Gasteiger partial charge in [-0.2, -0.15) is 11.8 Å². The smallest absolute Gasteiger partial charge is 0.120 e. The minimum absolute atomic E-state index is 0.0270. The Morgan fingerprint density at radius 3 is 3.11 bits per heavy atom. The summed E-state index contributed by atoms with van der Waals surface area (Å²) in [5.74, 6) is 3.44. The first-order valence-electron chi connectivity index (χ1n) is 6.89. The molecule has 2 aliphatic heterocycles. The van der Waals surface area contributed by atoms with E-state index < -0.39 is 0 Å². The molecule has 1 atom stereocenters. The van der Waals surface area contributed by atoms with E-state index >= 15 is 0 Å². The maximum atomic E-state index is 6.26. The van der Waals surface area contributed by atoms with Crippen molar-refractivity contribution in [3.8, 4) is 5.75 Å². The summed E-state index contributed by atoms with van der Waals surface area (Å²) in [6, 6.07) is 6.51. The van der Waals surface area contributed by atoms with Gasteiger partial charge in [-0.05, 0) is 62.1 Å². The van der Waals surface area contributed by atoms with Gasteiger partial charge in [0.05, 0.1) is 0 Å². The Morgan fingerprint density at radius 1 is 1.33 bits per heavy atom. The van der Waals surface area contributed by atoms with Gasteiger partial charge in [0.15, 0.2) is 0 Å². The zero-order chi connectivity index (χ0) is 12.4. The van der Waals surface area contributed by atoms with Gasteiger partial charge in [0, 0.05) is 18.0 Å². The lowest BCUT2D eigenvalue weighted by Gasteiger charge is -2.34. The minimum Gasteiger partial charge on any atom is -0.487 e. The van der Waals surface area contributed by atoms with Gasteiger partial charge in [0.25, 0.3) is 0 Å². The molecule has 98 valence electrons. The van der Waals surface area contributed by atoms with E-state index in [0.29, 0.717) is 0 Å². The quantitative estimate of drug-likeness (QED) is 0.879. The van der Waals surface area contributed by atoms with Crippen LogP contribution in [-0.4, -0.2) is 23.7 Å². The Kier molecular flexibility index (Phi) is 3.42. The first kappa shape index (κ1) is 12.2. The maximum Gasteiger partial charge on any atom is 0.120 e. The fraction of sp³-hybridized carbons (Fsp3) is 0.600. The zero-order valence-electron chi connectivity index (χ0n) is 11.0. The van der Waals surface area contributed by atoms with Gasteiger partial charge in [0.2, 0.25) is 0 Å². The van der Waals surface area contributed by atoms with E-state index in [1.807, 2.05) is 11.8 Å². The molecule has 1 saturated heterocycles. The number of anilines is 1. The Balaban J connectivity index is 1.76. The first-order valence-corrected chi connectivity index (χ1v) is 8.04. The number of nitrogens with one attached hydrogen (secondary N) is 1. The second-order valence-corrected chi connectivity index (χ2v) is 6.66. The second kappa shape index (κ2) is 5.04. The third-order valence-electron chi connectivity index (χ3n) is 3.78. The molecular formula is C15H21NOS. The number of hydrogen-bond acceptors (Lipinski definition) is 3. The molecule has 1 N–H and O–H groups in total. The van der Waals surface area contributed by atoms with Gasteiger partial charge >= 0.3 is 0 Å². The van der Waals surface area contributed by atoms with Crippen molar-refractivity contribution in [2.75, 3.05) is 23.4 Å². The Bertz CT molecular complexity index is 427. The number of fused-ring (bicyclic) bond motifs is 1. The summed E-state index contributed by atoms with van der Waals surface area (Å²) in [6.45, 7) is 3.35. The third-order valence-corrected chi connectivity index (χ3v) is 5.17. The standard InChI is InChI=1S/C15H21NOS/c1-15(7-3-9-18-11-15)17-13-5-6-14-12(10-13)4-2-8-16-14/h5-6,10,16H,2-4,7-9,11H2,1H3. The van der Waals surface area contributed by atoms with Gasteiger partial charge in [-0.3, -0.25) is 0 Å². The van der Waals surface area contributed by atoms with E-state index in [9.17, 15) is 0 Å². The first-order chi connectivity index (χ1) is 8.75. The molecule has 2 aliphatic rings. The van der Waals surface area contributed by atoms with Gasteiger partial charge in [-0.15, -0.1) is 0 Å². The number of rotatable bonds is 2. The fourth-order valence-corrected chi connectivity index (χ4v) is 3.92.